The molecule has 0 saturated carbocycles. The van der Waals surface area contributed by atoms with Crippen molar-refractivity contribution in [2.45, 2.75) is 20.4 Å². The monoisotopic (exact) mass is 396 g/mol. The van der Waals surface area contributed by atoms with Crippen molar-refractivity contribution >= 4 is 28.7 Å². The molecule has 2 N–H and O–H groups in total. The van der Waals surface area contributed by atoms with Gasteiger partial charge in [0.05, 0.1) is 35.7 Å². The molecule has 1 aromatic heterocycles. The number of rotatable bonds is 6. The van der Waals surface area contributed by atoms with Gasteiger partial charge in [-0.1, -0.05) is 18.2 Å². The summed E-state index contributed by atoms with van der Waals surface area (Å²) in [6.45, 7) is 10.9. The Morgan fingerprint density at radius 1 is 1.29 bits per heavy atom. The highest BCUT2D eigenvalue weighted by atomic mass is 35.5. The molecule has 5 nitrogen and oxygen atoms in total. The van der Waals surface area contributed by atoms with E-state index in [1.807, 2.05) is 42.9 Å². The van der Waals surface area contributed by atoms with Crippen LogP contribution in [0.3, 0.4) is 0 Å². The van der Waals surface area contributed by atoms with Gasteiger partial charge in [-0.3, -0.25) is 0 Å². The number of nitrogens with two attached hydrogens (primary N) is 1. The van der Waals surface area contributed by atoms with Crippen LogP contribution in [0.4, 0.5) is 11.4 Å². The number of aryl methyl sites for hydroxylation is 1. The van der Waals surface area contributed by atoms with Crippen molar-refractivity contribution in [1.82, 2.24) is 4.57 Å². The van der Waals surface area contributed by atoms with Crippen LogP contribution in [0.2, 0.25) is 0 Å². The molecular formula is C22H27ClN5+. The number of halogens is 1. The molecule has 1 aromatic carbocycles. The molecule has 1 heterocycles. The minimum absolute atomic E-state index is 0.469. The van der Waals surface area contributed by atoms with E-state index in [0.717, 1.165) is 36.5 Å². The number of benzene rings is 1. The average Bonchev–Trinajstić information content (AvgIpc) is 3.11. The van der Waals surface area contributed by atoms with Crippen LogP contribution in [0.15, 0.2) is 82.5 Å². The Morgan fingerprint density at radius 3 is 2.61 bits per heavy atom. The number of allylic oxidation sites excluding steroid dienone is 4. The second-order valence-electron chi connectivity index (χ2n) is 6.94. The first-order valence-corrected chi connectivity index (χ1v) is 9.75. The standard InChI is InChI=1S/C22H27ClN5/c1-5-28(13-12-27-11-10-26(4)15-27)19-8-6-18(7-9-19)25-20-14-16(2)17(3)21(23)22(20)24/h6-11,14-15H,3,5,12-13,24H2,1-2,4H3/q+1. The number of aliphatic imine (C=N–C) groups is 1. The summed E-state index contributed by atoms with van der Waals surface area (Å²) in [5.41, 5.74) is 11.0. The van der Waals surface area contributed by atoms with Gasteiger partial charge in [-0.15, -0.1) is 0 Å². The van der Waals surface area contributed by atoms with Gasteiger partial charge in [-0.2, -0.15) is 0 Å². The average molecular weight is 397 g/mol. The molecule has 0 amide bonds. The van der Waals surface area contributed by atoms with Gasteiger partial charge >= 0.3 is 0 Å². The summed E-state index contributed by atoms with van der Waals surface area (Å²) >= 11 is 6.27. The zero-order valence-electron chi connectivity index (χ0n) is 16.7. The van der Waals surface area contributed by atoms with Gasteiger partial charge in [0.15, 0.2) is 0 Å². The van der Waals surface area contributed by atoms with Crippen LogP contribution in [-0.4, -0.2) is 23.4 Å². The maximum absolute atomic E-state index is 6.27. The summed E-state index contributed by atoms with van der Waals surface area (Å²) in [5, 5.41) is 0.478. The smallest absolute Gasteiger partial charge is 0.243 e. The largest absolute Gasteiger partial charge is 0.396 e. The molecule has 0 atom stereocenters. The maximum Gasteiger partial charge on any atom is 0.243 e. The third-order valence-electron chi connectivity index (χ3n) is 4.90. The number of nitrogens with zero attached hydrogens (tertiary/aromatic N) is 4. The number of aromatic nitrogens is 2. The lowest BCUT2D eigenvalue weighted by Gasteiger charge is -2.22. The second-order valence-corrected chi connectivity index (χ2v) is 7.32. The molecule has 28 heavy (non-hydrogen) atoms. The van der Waals surface area contributed by atoms with Gasteiger partial charge in [-0.25, -0.2) is 14.1 Å². The Kier molecular flexibility index (Phi) is 6.05. The molecule has 0 aliphatic heterocycles. The predicted molar refractivity (Wildman–Crippen MR) is 117 cm³/mol. The van der Waals surface area contributed by atoms with Crippen molar-refractivity contribution in [2.24, 2.45) is 17.8 Å². The zero-order chi connectivity index (χ0) is 20.3. The highest BCUT2D eigenvalue weighted by Gasteiger charge is 2.17. The molecule has 0 saturated heterocycles. The lowest BCUT2D eigenvalue weighted by molar-refractivity contribution is -0.671. The van der Waals surface area contributed by atoms with Crippen LogP contribution >= 0.6 is 11.6 Å². The summed E-state index contributed by atoms with van der Waals surface area (Å²) in [7, 11) is 2.03. The summed E-state index contributed by atoms with van der Waals surface area (Å²) in [6, 6.07) is 8.21. The van der Waals surface area contributed by atoms with Crippen LogP contribution in [0.1, 0.15) is 13.8 Å². The zero-order valence-corrected chi connectivity index (χ0v) is 17.4. The Morgan fingerprint density at radius 2 is 2.00 bits per heavy atom. The van der Waals surface area contributed by atoms with Crippen molar-refractivity contribution in [3.8, 4) is 0 Å². The first-order chi connectivity index (χ1) is 13.4. The topological polar surface area (TPSA) is 50.4 Å². The van der Waals surface area contributed by atoms with Crippen LogP contribution < -0.4 is 15.2 Å². The van der Waals surface area contributed by atoms with E-state index in [1.165, 1.54) is 5.69 Å². The molecule has 0 spiro atoms. The van der Waals surface area contributed by atoms with Gasteiger partial charge in [-0.05, 0) is 55.3 Å². The molecule has 3 rings (SSSR count). The molecule has 146 valence electrons. The van der Waals surface area contributed by atoms with Gasteiger partial charge in [0.25, 0.3) is 0 Å². The molecule has 2 aromatic rings. The Bertz CT molecular complexity index is 963. The summed E-state index contributed by atoms with van der Waals surface area (Å²) < 4.78 is 4.24. The van der Waals surface area contributed by atoms with Crippen molar-refractivity contribution in [3.63, 3.8) is 0 Å². The first-order valence-electron chi connectivity index (χ1n) is 9.37. The van der Waals surface area contributed by atoms with Crippen LogP contribution in [-0.2, 0) is 13.6 Å². The van der Waals surface area contributed by atoms with E-state index >= 15 is 0 Å². The maximum atomic E-state index is 6.27. The van der Waals surface area contributed by atoms with Crippen molar-refractivity contribution in [2.75, 3.05) is 18.0 Å². The minimum atomic E-state index is 0.469. The Balaban J connectivity index is 1.74. The van der Waals surface area contributed by atoms with Crippen LogP contribution in [0, 0.1) is 0 Å². The highest BCUT2D eigenvalue weighted by molar-refractivity contribution is 6.36. The quantitative estimate of drug-likeness (QED) is 0.754. The van der Waals surface area contributed by atoms with E-state index in [1.54, 1.807) is 0 Å². The highest BCUT2D eigenvalue weighted by Crippen LogP contribution is 2.29. The second kappa shape index (κ2) is 8.48. The van der Waals surface area contributed by atoms with Gasteiger partial charge in [0.1, 0.15) is 18.9 Å². The summed E-state index contributed by atoms with van der Waals surface area (Å²) in [4.78, 5) is 7.01. The molecule has 0 radical (unpaired) electrons. The van der Waals surface area contributed by atoms with Crippen molar-refractivity contribution in [1.29, 1.82) is 0 Å². The first kappa shape index (κ1) is 20.0. The van der Waals surface area contributed by atoms with Gasteiger partial charge < -0.3 is 10.6 Å². The SMILES string of the molecule is C=C1C(C)=CC(=Nc2ccc(N(CC)CCn3cc[n+](C)c3)cc2)C(N)=C1Cl. The molecule has 0 fully saturated rings. The van der Waals surface area contributed by atoms with E-state index in [2.05, 4.69) is 52.6 Å². The van der Waals surface area contributed by atoms with Gasteiger partial charge in [0, 0.05) is 12.2 Å². The predicted octanol–water partition coefficient (Wildman–Crippen LogP) is 3.84. The van der Waals surface area contributed by atoms with E-state index < -0.39 is 0 Å². The molecule has 0 bridgehead atoms. The number of hydrogen-bond donors (Lipinski definition) is 1. The number of anilines is 1. The number of hydrogen-bond acceptors (Lipinski definition) is 3. The number of likely N-dealkylation sites (N-methyl/N-ethyl adjacent to an activating group) is 1. The molecule has 1 aliphatic rings. The van der Waals surface area contributed by atoms with Crippen molar-refractivity contribution in [3.05, 3.63) is 77.5 Å². The third-order valence-corrected chi connectivity index (χ3v) is 5.34. The molecule has 6 heteroatoms. The normalized spacial score (nSPS) is 15.9. The third kappa shape index (κ3) is 4.37. The lowest BCUT2D eigenvalue weighted by atomic mass is 9.99. The summed E-state index contributed by atoms with van der Waals surface area (Å²) in [5.74, 6) is 0. The van der Waals surface area contributed by atoms with E-state index in [0.29, 0.717) is 16.4 Å². The summed E-state index contributed by atoms with van der Waals surface area (Å²) in [6.07, 6.45) is 8.15. The molecule has 1 aliphatic carbocycles. The molecule has 0 unspecified atom stereocenters. The van der Waals surface area contributed by atoms with Crippen LogP contribution in [0.25, 0.3) is 0 Å². The number of imidazole rings is 1. The van der Waals surface area contributed by atoms with Crippen LogP contribution in [0.5, 0.6) is 0 Å². The fraction of sp³-hybridized carbons (Fsp3) is 0.273. The van der Waals surface area contributed by atoms with Gasteiger partial charge in [0.2, 0.25) is 6.33 Å². The lowest BCUT2D eigenvalue weighted by Crippen LogP contribution is -2.28. The van der Waals surface area contributed by atoms with Crippen molar-refractivity contribution < 1.29 is 4.57 Å². The fourth-order valence-corrected chi connectivity index (χ4v) is 3.37. The Labute approximate surface area is 171 Å². The van der Waals surface area contributed by atoms with E-state index in [-0.39, 0.29) is 0 Å². The van der Waals surface area contributed by atoms with E-state index in [9.17, 15) is 0 Å². The molecular weight excluding hydrogens is 370 g/mol. The fourth-order valence-electron chi connectivity index (χ4n) is 3.13. The Hall–Kier alpha value is -2.79. The van der Waals surface area contributed by atoms with E-state index in [4.69, 9.17) is 17.3 Å². The minimum Gasteiger partial charge on any atom is -0.396 e.